The zero-order valence-electron chi connectivity index (χ0n) is 76.8. The molecule has 5 nitrogen and oxygen atoms in total. The highest BCUT2D eigenvalue weighted by Crippen LogP contribution is 2.69. The normalized spacial score (nSPS) is 25.4. The molecule has 0 N–H and O–H groups in total. The third kappa shape index (κ3) is 13.0. The Morgan fingerprint density at radius 1 is 0.367 bits per heavy atom. The number of aryl methyl sites for hydroxylation is 15. The standard InChI is InChI=1S/2C22H28N.C21H28N.C20H26N.C19H22N/c2*1-14-7-8-16(15(2)11-14)20-12-17-18-9-10-22(5,21(18,3)4)19(17)13-23(20)6;1-14-8-9-16(15(2)10-14)19-11-17-18(12-22(19)7)21(5,6)13-20(17,3)4;1-13-7-8-16(14(2)11-13)19-18-15(3)12-20(4,5)17(18)9-10-21(19)6;1-12-4-7-16(13(2)10-12)19-18-15-6-5-14(11-15)17(18)8-9-20(19)3/h2*7-8,11-13,18H,9-10H2,1-6H3;8-12H,13H2,1-7H3;7-11,15H,12H2,1-6H3;4,7-10,14-15H,5-6,11H2,1-3H3/q5*+1/i1D3,18D;;;15D;. The highest BCUT2D eigenvalue weighted by Gasteiger charge is 2.62. The lowest BCUT2D eigenvalue weighted by atomic mass is 9.69. The van der Waals surface area contributed by atoms with Gasteiger partial charge in [0.2, 0.25) is 28.5 Å². The average molecular weight is 1460 g/mol. The summed E-state index contributed by atoms with van der Waals surface area (Å²) in [6, 6.07) is 44.1. The van der Waals surface area contributed by atoms with Crippen LogP contribution in [0, 0.1) is 80.0 Å². The van der Waals surface area contributed by atoms with E-state index in [1.165, 1.54) is 156 Å². The summed E-state index contributed by atoms with van der Waals surface area (Å²) in [4.78, 5) is 0. The maximum Gasteiger partial charge on any atom is 0.216 e. The molecule has 0 amide bonds. The van der Waals surface area contributed by atoms with Gasteiger partial charge in [-0.2, -0.15) is 0 Å². The maximum atomic E-state index is 9.30. The van der Waals surface area contributed by atoms with Crippen molar-refractivity contribution in [3.8, 4) is 56.3 Å². The number of pyridine rings is 5. The largest absolute Gasteiger partial charge is 0.216 e. The van der Waals surface area contributed by atoms with Gasteiger partial charge in [0.25, 0.3) is 0 Å². The highest BCUT2D eigenvalue weighted by molar-refractivity contribution is 5.71. The summed E-state index contributed by atoms with van der Waals surface area (Å²) >= 11 is 0. The number of hydrogen-bond donors (Lipinski definition) is 0. The molecule has 8 aliphatic rings. The molecule has 3 saturated carbocycles. The highest BCUT2D eigenvalue weighted by atomic mass is 15.0. The summed E-state index contributed by atoms with van der Waals surface area (Å²) in [6.45, 7) is 47.7. The minimum atomic E-state index is -2.09. The van der Waals surface area contributed by atoms with Crippen molar-refractivity contribution < 1.29 is 29.7 Å². The van der Waals surface area contributed by atoms with Crippen LogP contribution in [0.25, 0.3) is 56.3 Å². The Balaban J connectivity index is 0.000000118. The van der Waals surface area contributed by atoms with Gasteiger partial charge in [-0.3, -0.25) is 0 Å². The summed E-state index contributed by atoms with van der Waals surface area (Å²) in [6.07, 6.45) is 22.3. The summed E-state index contributed by atoms with van der Waals surface area (Å²) in [5.74, 6) is 1.25. The molecule has 5 aromatic carbocycles. The lowest BCUT2D eigenvalue weighted by molar-refractivity contribution is -0.661. The van der Waals surface area contributed by atoms with E-state index < -0.39 is 18.6 Å². The fraction of sp³-hybridized carbons (Fsp3) is 0.471. The van der Waals surface area contributed by atoms with Gasteiger partial charge in [0, 0.05) is 104 Å². The van der Waals surface area contributed by atoms with Crippen molar-refractivity contribution in [3.63, 3.8) is 0 Å². The van der Waals surface area contributed by atoms with Crippen molar-refractivity contribution in [1.82, 2.24) is 0 Å². The summed E-state index contributed by atoms with van der Waals surface area (Å²) in [5.41, 5.74) is 40.5. The molecule has 7 unspecified atom stereocenters. The van der Waals surface area contributed by atoms with Crippen molar-refractivity contribution in [2.75, 3.05) is 0 Å². The second-order valence-corrected chi connectivity index (χ2v) is 38.9. The number of fused-ring (bicyclic) bond motifs is 17. The third-order valence-electron chi connectivity index (χ3n) is 29.3. The quantitative estimate of drug-likeness (QED) is 0.153. The SMILES string of the molecule is Cc1ccc(-c2c3c(cc[n+]2C)C2CCC3C2)c(C)c1.Cc1ccc(-c2cc3c(c[n+]2C)C(C)(C)CC3(C)C)c(C)c1.Cc1ccc(-c2cc3c(c[n+]2C)C2(C)CCC3C2(C)C)c(C)c1.[2H]C([2H])([2H])c1ccc(-c2cc3c(c[n+]2C)C2(C)CCC3([2H])C2(C)C)c(C)c1.[2H]C1(C)CC(C)(C)c2cc[n+](C)c(-c3ccc(C)cc3C)c21. The third-order valence-corrected chi connectivity index (χ3v) is 29.3. The van der Waals surface area contributed by atoms with Gasteiger partial charge in [0.1, 0.15) is 35.2 Å². The molecule has 7 atom stereocenters. The molecule has 5 heterocycles. The van der Waals surface area contributed by atoms with Gasteiger partial charge in [0.15, 0.2) is 31.0 Å². The van der Waals surface area contributed by atoms with Crippen molar-refractivity contribution in [2.24, 2.45) is 46.1 Å². The van der Waals surface area contributed by atoms with E-state index in [4.69, 9.17) is 5.48 Å². The zero-order valence-corrected chi connectivity index (χ0v) is 71.8. The van der Waals surface area contributed by atoms with Crippen LogP contribution in [0.3, 0.4) is 0 Å². The van der Waals surface area contributed by atoms with Crippen LogP contribution in [0.1, 0.15) is 295 Å². The average Bonchev–Trinajstić information content (AvgIpc) is 1.51. The smallest absolute Gasteiger partial charge is 0.201 e. The van der Waals surface area contributed by atoms with Crippen LogP contribution >= 0.6 is 0 Å². The van der Waals surface area contributed by atoms with E-state index >= 15 is 0 Å². The second kappa shape index (κ2) is 27.6. The van der Waals surface area contributed by atoms with Crippen molar-refractivity contribution in [3.05, 3.63) is 264 Å². The number of nitrogens with zero attached hydrogens (tertiary/aromatic N) is 5. The van der Waals surface area contributed by atoms with Crippen LogP contribution in [0.5, 0.6) is 0 Å². The van der Waals surface area contributed by atoms with Crippen molar-refractivity contribution in [1.29, 1.82) is 0 Å². The predicted molar refractivity (Wildman–Crippen MR) is 455 cm³/mol. The van der Waals surface area contributed by atoms with Crippen LogP contribution in [0.15, 0.2) is 152 Å². The van der Waals surface area contributed by atoms with Gasteiger partial charge >= 0.3 is 0 Å². The zero-order chi connectivity index (χ0) is 83.0. The first-order chi connectivity index (χ1) is 53.0. The molecule has 0 aliphatic heterocycles. The Bertz CT molecular complexity index is 5560. The molecule has 10 aromatic rings. The van der Waals surface area contributed by atoms with Crippen LogP contribution < -0.4 is 22.8 Å². The molecule has 0 saturated heterocycles. The van der Waals surface area contributed by atoms with Gasteiger partial charge in [-0.05, 0) is 270 Å². The molecule has 109 heavy (non-hydrogen) atoms. The maximum absolute atomic E-state index is 9.30. The molecule has 5 aromatic heterocycles. The monoisotopic (exact) mass is 1460 g/mol. The van der Waals surface area contributed by atoms with Gasteiger partial charge in [0.05, 0.1) is 0 Å². The van der Waals surface area contributed by atoms with E-state index in [2.05, 4.69) is 331 Å². The number of benzene rings is 5. The van der Waals surface area contributed by atoms with Crippen molar-refractivity contribution in [2.45, 2.75) is 274 Å². The minimum Gasteiger partial charge on any atom is -0.201 e. The second-order valence-electron chi connectivity index (χ2n) is 38.9. The van der Waals surface area contributed by atoms with Crippen LogP contribution in [-0.2, 0) is 62.3 Å². The first-order valence-electron chi connectivity index (χ1n) is 43.6. The molecule has 8 aliphatic carbocycles. The Kier molecular flexibility index (Phi) is 18.1. The molecule has 0 radical (unpaired) electrons. The van der Waals surface area contributed by atoms with Crippen LogP contribution in [-0.4, -0.2) is 0 Å². The predicted octanol–water partition coefficient (Wildman–Crippen LogP) is 23.4. The van der Waals surface area contributed by atoms with Gasteiger partial charge in [-0.15, -0.1) is 0 Å². The molecule has 0 spiro atoms. The molecule has 568 valence electrons. The topological polar surface area (TPSA) is 19.4 Å². The Hall–Kier alpha value is -8.15. The van der Waals surface area contributed by atoms with E-state index in [9.17, 15) is 1.37 Å². The fourth-order valence-corrected chi connectivity index (χ4v) is 22.9. The van der Waals surface area contributed by atoms with Gasteiger partial charge < -0.3 is 0 Å². The van der Waals surface area contributed by atoms with Gasteiger partial charge in [-0.1, -0.05) is 178 Å². The molecule has 5 heteroatoms. The van der Waals surface area contributed by atoms with E-state index in [-0.39, 0.29) is 27.1 Å². The summed E-state index contributed by atoms with van der Waals surface area (Å²) in [7, 11) is 10.7. The summed E-state index contributed by atoms with van der Waals surface area (Å²) in [5, 5.41) is 0. The van der Waals surface area contributed by atoms with Crippen LogP contribution in [0.4, 0.5) is 0 Å². The number of aromatic nitrogens is 5. The minimum absolute atomic E-state index is 0.0283. The van der Waals surface area contributed by atoms with Gasteiger partial charge in [-0.25, -0.2) is 22.8 Å². The Morgan fingerprint density at radius 3 is 1.29 bits per heavy atom. The van der Waals surface area contributed by atoms with Crippen molar-refractivity contribution >= 4 is 0 Å². The van der Waals surface area contributed by atoms with E-state index in [1.807, 2.05) is 20.0 Å². The van der Waals surface area contributed by atoms with E-state index in [1.54, 1.807) is 34.4 Å². The lowest BCUT2D eigenvalue weighted by Gasteiger charge is -2.34. The number of rotatable bonds is 5. The molecule has 18 rings (SSSR count). The molecular weight excluding hydrogens is 1320 g/mol. The molecular formula is C104H132N5+5. The summed E-state index contributed by atoms with van der Waals surface area (Å²) < 4.78 is 52.4. The van der Waals surface area contributed by atoms with Crippen LogP contribution in [0.2, 0.25) is 0 Å². The lowest BCUT2D eigenvalue weighted by Crippen LogP contribution is -2.36. The molecule has 6 bridgehead atoms. The molecule has 3 fully saturated rings. The van der Waals surface area contributed by atoms with E-state index in [0.717, 1.165) is 53.5 Å². The Morgan fingerprint density at radius 2 is 0.780 bits per heavy atom. The Labute approximate surface area is 665 Å². The number of hydrogen-bond acceptors (Lipinski definition) is 0. The first kappa shape index (κ1) is 71.2. The fourth-order valence-electron chi connectivity index (χ4n) is 22.9. The van der Waals surface area contributed by atoms with E-state index in [0.29, 0.717) is 22.3 Å². The first-order valence-corrected chi connectivity index (χ1v) is 41.1.